The molecule has 8 nitrogen and oxygen atoms in total. The van der Waals surface area contributed by atoms with Crippen molar-refractivity contribution in [3.8, 4) is 5.75 Å². The van der Waals surface area contributed by atoms with Gasteiger partial charge in [0.15, 0.2) is 0 Å². The van der Waals surface area contributed by atoms with E-state index in [1.807, 2.05) is 24.3 Å². The topological polar surface area (TPSA) is 94.7 Å². The fourth-order valence-electron chi connectivity index (χ4n) is 4.62. The number of nitrogens with zero attached hydrogens (tertiary/aromatic N) is 2. The van der Waals surface area contributed by atoms with E-state index < -0.39 is 10.0 Å². The van der Waals surface area contributed by atoms with Crippen molar-refractivity contribution in [3.63, 3.8) is 0 Å². The zero-order chi connectivity index (χ0) is 22.6. The second-order valence-electron chi connectivity index (χ2n) is 8.45. The molecule has 1 aromatic heterocycles. The molecule has 1 aromatic carbocycles. The first-order valence-corrected chi connectivity index (χ1v) is 12.8. The maximum atomic E-state index is 13.1. The predicted molar refractivity (Wildman–Crippen MR) is 122 cm³/mol. The minimum Gasteiger partial charge on any atom is -0.496 e. The molecule has 1 amide bonds. The van der Waals surface area contributed by atoms with Gasteiger partial charge >= 0.3 is 0 Å². The second kappa shape index (κ2) is 10.1. The monoisotopic (exact) mass is 460 g/mol. The van der Waals surface area contributed by atoms with E-state index in [1.54, 1.807) is 12.0 Å². The van der Waals surface area contributed by atoms with Gasteiger partial charge in [0, 0.05) is 31.4 Å². The molecule has 2 aliphatic rings. The number of hydrogen-bond acceptors (Lipinski definition) is 5. The second-order valence-corrected chi connectivity index (χ2v) is 10.2. The van der Waals surface area contributed by atoms with Crippen LogP contribution in [-0.4, -0.2) is 68.9 Å². The van der Waals surface area contributed by atoms with Crippen LogP contribution in [0.3, 0.4) is 0 Å². The Morgan fingerprint density at radius 1 is 1.09 bits per heavy atom. The molecule has 3 heterocycles. The van der Waals surface area contributed by atoms with Crippen molar-refractivity contribution in [2.75, 3.05) is 39.8 Å². The van der Waals surface area contributed by atoms with Crippen LogP contribution >= 0.6 is 0 Å². The van der Waals surface area contributed by atoms with Gasteiger partial charge in [-0.3, -0.25) is 9.69 Å². The van der Waals surface area contributed by atoms with Crippen molar-refractivity contribution >= 4 is 15.9 Å². The molecule has 0 spiro atoms. The van der Waals surface area contributed by atoms with Crippen molar-refractivity contribution in [3.05, 3.63) is 47.8 Å². The number of rotatable bonds is 8. The molecule has 0 aliphatic carbocycles. The maximum absolute atomic E-state index is 13.1. The number of aromatic nitrogens is 1. The molecule has 2 aliphatic heterocycles. The maximum Gasteiger partial charge on any atom is 0.270 e. The smallest absolute Gasteiger partial charge is 0.270 e. The van der Waals surface area contributed by atoms with Crippen molar-refractivity contribution < 1.29 is 17.9 Å². The van der Waals surface area contributed by atoms with Gasteiger partial charge in [0.25, 0.3) is 5.91 Å². The summed E-state index contributed by atoms with van der Waals surface area (Å²) in [6, 6.07) is 9.07. The highest BCUT2D eigenvalue weighted by Crippen LogP contribution is 2.31. The van der Waals surface area contributed by atoms with E-state index in [0.29, 0.717) is 18.8 Å². The van der Waals surface area contributed by atoms with E-state index in [4.69, 9.17) is 4.74 Å². The summed E-state index contributed by atoms with van der Waals surface area (Å²) in [7, 11) is -2.14. The number of benzene rings is 1. The number of para-hydroxylation sites is 1. The zero-order valence-electron chi connectivity index (χ0n) is 18.5. The third kappa shape index (κ3) is 5.00. The number of nitrogens with one attached hydrogen (secondary N) is 2. The number of carbonyl (C=O) groups is 1. The SMILES string of the molecule is COc1ccccc1C(CNS(=O)(=O)c1c[nH]c(C(=O)N2CCCC2)c1)N1CCCCC1. The van der Waals surface area contributed by atoms with Crippen LogP contribution in [0.1, 0.15) is 54.2 Å². The molecule has 2 saturated heterocycles. The minimum absolute atomic E-state index is 0.0810. The molecule has 1 atom stereocenters. The standard InChI is InChI=1S/C23H32N4O4S/c1-31-22-10-4-3-9-19(22)21(26-11-5-2-6-12-26)17-25-32(29,30)18-15-20(24-16-18)23(28)27-13-7-8-14-27/h3-4,9-10,15-16,21,24-25H,2,5-8,11-14,17H2,1H3. The molecule has 0 saturated carbocycles. The van der Waals surface area contributed by atoms with Crippen LogP contribution < -0.4 is 9.46 Å². The summed E-state index contributed by atoms with van der Waals surface area (Å²) in [5, 5.41) is 0. The molecule has 2 aromatic rings. The number of methoxy groups -OCH3 is 1. The number of likely N-dealkylation sites (tertiary alicyclic amines) is 2. The van der Waals surface area contributed by atoms with Gasteiger partial charge in [-0.1, -0.05) is 24.6 Å². The van der Waals surface area contributed by atoms with Crippen molar-refractivity contribution in [1.82, 2.24) is 19.5 Å². The molecule has 1 unspecified atom stereocenters. The first-order chi connectivity index (χ1) is 15.5. The fraction of sp³-hybridized carbons (Fsp3) is 0.522. The first-order valence-electron chi connectivity index (χ1n) is 11.3. The molecule has 2 N–H and O–H groups in total. The van der Waals surface area contributed by atoms with Crippen molar-refractivity contribution in [2.24, 2.45) is 0 Å². The number of hydrogen-bond donors (Lipinski definition) is 2. The Labute approximate surface area is 190 Å². The number of carbonyl (C=O) groups excluding carboxylic acids is 1. The van der Waals surface area contributed by atoms with Crippen LogP contribution in [0.4, 0.5) is 0 Å². The Morgan fingerprint density at radius 3 is 2.50 bits per heavy atom. The van der Waals surface area contributed by atoms with Gasteiger partial charge in [0.1, 0.15) is 16.3 Å². The Bertz CT molecular complexity index is 1020. The predicted octanol–water partition coefficient (Wildman–Crippen LogP) is 2.76. The van der Waals surface area contributed by atoms with Gasteiger partial charge in [-0.05, 0) is 50.9 Å². The van der Waals surface area contributed by atoms with Gasteiger partial charge < -0.3 is 14.6 Å². The number of ether oxygens (including phenoxy) is 1. The summed E-state index contributed by atoms with van der Waals surface area (Å²) in [5.41, 5.74) is 1.28. The van der Waals surface area contributed by atoms with Crippen LogP contribution in [0.2, 0.25) is 0 Å². The average Bonchev–Trinajstić information content (AvgIpc) is 3.53. The first kappa shape index (κ1) is 22.8. The van der Waals surface area contributed by atoms with Gasteiger partial charge in [0.2, 0.25) is 10.0 Å². The van der Waals surface area contributed by atoms with E-state index in [1.165, 1.54) is 18.7 Å². The summed E-state index contributed by atoms with van der Waals surface area (Å²) in [5.74, 6) is 0.603. The number of piperidine rings is 1. The third-order valence-corrected chi connectivity index (χ3v) is 7.79. The molecule has 0 radical (unpaired) electrons. The van der Waals surface area contributed by atoms with Crippen LogP contribution in [-0.2, 0) is 10.0 Å². The Kier molecular flexibility index (Phi) is 7.17. The average molecular weight is 461 g/mol. The highest BCUT2D eigenvalue weighted by atomic mass is 32.2. The third-order valence-electron chi connectivity index (χ3n) is 6.39. The normalized spacial score (nSPS) is 18.6. The lowest BCUT2D eigenvalue weighted by atomic mass is 10.0. The zero-order valence-corrected chi connectivity index (χ0v) is 19.4. The lowest BCUT2D eigenvalue weighted by molar-refractivity contribution is 0.0787. The lowest BCUT2D eigenvalue weighted by Gasteiger charge is -2.35. The highest BCUT2D eigenvalue weighted by molar-refractivity contribution is 7.89. The lowest BCUT2D eigenvalue weighted by Crippen LogP contribution is -2.40. The summed E-state index contributed by atoms with van der Waals surface area (Å²) in [6.45, 7) is 3.50. The van der Waals surface area contributed by atoms with E-state index in [-0.39, 0.29) is 23.4 Å². The van der Waals surface area contributed by atoms with E-state index in [2.05, 4.69) is 14.6 Å². The van der Waals surface area contributed by atoms with Gasteiger partial charge in [-0.15, -0.1) is 0 Å². The highest BCUT2D eigenvalue weighted by Gasteiger charge is 2.28. The quantitative estimate of drug-likeness (QED) is 0.632. The van der Waals surface area contributed by atoms with Crippen LogP contribution in [0.15, 0.2) is 41.4 Å². The van der Waals surface area contributed by atoms with Crippen molar-refractivity contribution in [1.29, 1.82) is 0 Å². The summed E-state index contributed by atoms with van der Waals surface area (Å²) >= 11 is 0. The number of amides is 1. The van der Waals surface area contributed by atoms with Crippen LogP contribution in [0, 0.1) is 0 Å². The molecule has 4 rings (SSSR count). The van der Waals surface area contributed by atoms with Gasteiger partial charge in [0.05, 0.1) is 13.2 Å². The Balaban J connectivity index is 1.51. The molecule has 2 fully saturated rings. The number of aromatic amines is 1. The van der Waals surface area contributed by atoms with E-state index in [9.17, 15) is 13.2 Å². The number of H-pyrrole nitrogens is 1. The fourth-order valence-corrected chi connectivity index (χ4v) is 5.65. The molecule has 0 bridgehead atoms. The molecule has 32 heavy (non-hydrogen) atoms. The van der Waals surface area contributed by atoms with Crippen molar-refractivity contribution in [2.45, 2.75) is 43.0 Å². The number of sulfonamides is 1. The molecular formula is C23H32N4O4S. The summed E-state index contributed by atoms with van der Waals surface area (Å²) in [4.78, 5) is 19.6. The Hall–Kier alpha value is -2.36. The van der Waals surface area contributed by atoms with Gasteiger partial charge in [-0.25, -0.2) is 13.1 Å². The summed E-state index contributed by atoms with van der Waals surface area (Å²) in [6.07, 6.45) is 6.75. The molecule has 9 heteroatoms. The molecular weight excluding hydrogens is 428 g/mol. The Morgan fingerprint density at radius 2 is 1.78 bits per heavy atom. The van der Waals surface area contributed by atoms with Crippen LogP contribution in [0.25, 0.3) is 0 Å². The van der Waals surface area contributed by atoms with Crippen LogP contribution in [0.5, 0.6) is 5.75 Å². The van der Waals surface area contributed by atoms with E-state index >= 15 is 0 Å². The molecule has 174 valence electrons. The largest absolute Gasteiger partial charge is 0.496 e. The van der Waals surface area contributed by atoms with E-state index in [0.717, 1.165) is 50.1 Å². The summed E-state index contributed by atoms with van der Waals surface area (Å²) < 4.78 is 34.4. The van der Waals surface area contributed by atoms with Gasteiger partial charge in [-0.2, -0.15) is 0 Å². The minimum atomic E-state index is -3.78.